The molecule has 0 unspecified atom stereocenters. The monoisotopic (exact) mass is 358 g/mol. The highest BCUT2D eigenvalue weighted by Crippen LogP contribution is 2.25. The van der Waals surface area contributed by atoms with Crippen molar-refractivity contribution in [2.24, 2.45) is 0 Å². The standard InChI is InChI=1S/C19H26N4OS/c1-4-14(3)20-19(25)21-15-5-6-17-16(12-15)13(2)11-18(22-17)23-7-9-24-10-8-23/h5-6,11-12,14H,4,7-10H2,1-3H3,(H2,20,21,25)/t14-/m1/s1. The Hall–Kier alpha value is -1.92. The molecule has 1 aliphatic rings. The van der Waals surface area contributed by atoms with Gasteiger partial charge in [0.25, 0.3) is 0 Å². The zero-order valence-electron chi connectivity index (χ0n) is 15.1. The molecule has 1 aromatic heterocycles. The first-order valence-corrected chi connectivity index (χ1v) is 9.29. The van der Waals surface area contributed by atoms with Gasteiger partial charge in [0.15, 0.2) is 5.11 Å². The third kappa shape index (κ3) is 4.38. The minimum absolute atomic E-state index is 0.361. The van der Waals surface area contributed by atoms with Crippen LogP contribution in [-0.4, -0.2) is 42.4 Å². The fraction of sp³-hybridized carbons (Fsp3) is 0.474. The minimum atomic E-state index is 0.361. The quantitative estimate of drug-likeness (QED) is 0.816. The topological polar surface area (TPSA) is 49.4 Å². The summed E-state index contributed by atoms with van der Waals surface area (Å²) in [5, 5.41) is 8.35. The van der Waals surface area contributed by atoms with Crippen molar-refractivity contribution in [3.63, 3.8) is 0 Å². The van der Waals surface area contributed by atoms with Gasteiger partial charge in [-0.3, -0.25) is 0 Å². The predicted molar refractivity (Wildman–Crippen MR) is 109 cm³/mol. The number of benzene rings is 1. The summed E-state index contributed by atoms with van der Waals surface area (Å²) in [4.78, 5) is 7.12. The Morgan fingerprint density at radius 2 is 2.08 bits per heavy atom. The predicted octanol–water partition coefficient (Wildman–Crippen LogP) is 3.46. The summed E-state index contributed by atoms with van der Waals surface area (Å²) in [7, 11) is 0. The fourth-order valence-corrected chi connectivity index (χ4v) is 3.22. The molecule has 1 aromatic carbocycles. The molecule has 2 aromatic rings. The number of hydrogen-bond donors (Lipinski definition) is 2. The molecule has 0 radical (unpaired) electrons. The van der Waals surface area contributed by atoms with Gasteiger partial charge in [-0.05, 0) is 62.3 Å². The van der Waals surface area contributed by atoms with E-state index in [1.54, 1.807) is 0 Å². The maximum absolute atomic E-state index is 5.43. The molecule has 134 valence electrons. The maximum Gasteiger partial charge on any atom is 0.170 e. The Bertz CT molecular complexity index is 758. The molecule has 5 nitrogen and oxygen atoms in total. The second-order valence-corrected chi connectivity index (χ2v) is 6.94. The minimum Gasteiger partial charge on any atom is -0.378 e. The number of ether oxygens (including phenoxy) is 1. The van der Waals surface area contributed by atoms with Crippen LogP contribution in [0.15, 0.2) is 24.3 Å². The molecule has 6 heteroatoms. The summed E-state index contributed by atoms with van der Waals surface area (Å²) < 4.78 is 5.43. The number of hydrogen-bond acceptors (Lipinski definition) is 4. The lowest BCUT2D eigenvalue weighted by Gasteiger charge is -2.28. The van der Waals surface area contributed by atoms with Crippen LogP contribution in [0.4, 0.5) is 11.5 Å². The number of nitrogens with one attached hydrogen (secondary N) is 2. The number of thiocarbonyl (C=S) groups is 1. The highest BCUT2D eigenvalue weighted by atomic mass is 32.1. The molecule has 0 spiro atoms. The average molecular weight is 359 g/mol. The molecule has 2 N–H and O–H groups in total. The normalized spacial score (nSPS) is 15.9. The summed E-state index contributed by atoms with van der Waals surface area (Å²) in [5.74, 6) is 1.03. The molecule has 0 aliphatic carbocycles. The molecular formula is C19H26N4OS. The first-order valence-electron chi connectivity index (χ1n) is 8.88. The van der Waals surface area contributed by atoms with E-state index in [-0.39, 0.29) is 0 Å². The molecule has 1 atom stereocenters. The van der Waals surface area contributed by atoms with E-state index in [0.717, 1.165) is 55.1 Å². The summed E-state index contributed by atoms with van der Waals surface area (Å²) in [6.45, 7) is 9.71. The summed E-state index contributed by atoms with van der Waals surface area (Å²) in [6, 6.07) is 8.72. The van der Waals surface area contributed by atoms with E-state index in [9.17, 15) is 0 Å². The van der Waals surface area contributed by atoms with Crippen LogP contribution in [0.1, 0.15) is 25.8 Å². The van der Waals surface area contributed by atoms with Crippen LogP contribution in [0.2, 0.25) is 0 Å². The van der Waals surface area contributed by atoms with Gasteiger partial charge < -0.3 is 20.3 Å². The van der Waals surface area contributed by atoms with Crippen molar-refractivity contribution in [3.8, 4) is 0 Å². The molecule has 3 rings (SSSR count). The SMILES string of the molecule is CC[C@@H](C)NC(=S)Nc1ccc2nc(N3CCOCC3)cc(C)c2c1. The van der Waals surface area contributed by atoms with Crippen molar-refractivity contribution < 1.29 is 4.74 Å². The van der Waals surface area contributed by atoms with E-state index in [1.807, 2.05) is 6.07 Å². The summed E-state index contributed by atoms with van der Waals surface area (Å²) in [5.41, 5.74) is 3.21. The third-order valence-corrected chi connectivity index (χ3v) is 4.80. The van der Waals surface area contributed by atoms with Crippen LogP contribution in [0.5, 0.6) is 0 Å². The molecule has 0 amide bonds. The van der Waals surface area contributed by atoms with E-state index in [4.69, 9.17) is 21.9 Å². The van der Waals surface area contributed by atoms with E-state index in [0.29, 0.717) is 11.2 Å². The number of rotatable bonds is 4. The van der Waals surface area contributed by atoms with E-state index >= 15 is 0 Å². The lowest BCUT2D eigenvalue weighted by Crippen LogP contribution is -2.36. The zero-order chi connectivity index (χ0) is 17.8. The first-order chi connectivity index (χ1) is 12.1. The lowest BCUT2D eigenvalue weighted by atomic mass is 10.1. The summed E-state index contributed by atoms with van der Waals surface area (Å²) in [6.07, 6.45) is 1.03. The number of aryl methyl sites for hydroxylation is 1. The number of morpholine rings is 1. The van der Waals surface area contributed by atoms with Crippen molar-refractivity contribution in [1.82, 2.24) is 10.3 Å². The van der Waals surface area contributed by atoms with Crippen molar-refractivity contribution >= 4 is 39.7 Å². The summed E-state index contributed by atoms with van der Waals surface area (Å²) >= 11 is 5.38. The van der Waals surface area contributed by atoms with E-state index in [1.165, 1.54) is 5.56 Å². The molecular weight excluding hydrogens is 332 g/mol. The first kappa shape index (κ1) is 17.9. The van der Waals surface area contributed by atoms with Crippen molar-refractivity contribution in [2.75, 3.05) is 36.5 Å². The highest BCUT2D eigenvalue weighted by Gasteiger charge is 2.14. The largest absolute Gasteiger partial charge is 0.378 e. The van der Waals surface area contributed by atoms with Crippen LogP contribution < -0.4 is 15.5 Å². The molecule has 25 heavy (non-hydrogen) atoms. The van der Waals surface area contributed by atoms with Gasteiger partial charge in [0, 0.05) is 30.2 Å². The molecule has 1 aliphatic heterocycles. The van der Waals surface area contributed by atoms with Crippen LogP contribution in [0.25, 0.3) is 10.9 Å². The van der Waals surface area contributed by atoms with Crippen LogP contribution >= 0.6 is 12.2 Å². The zero-order valence-corrected chi connectivity index (χ0v) is 15.9. The van der Waals surface area contributed by atoms with E-state index < -0.39 is 0 Å². The number of anilines is 2. The number of pyridine rings is 1. The fourth-order valence-electron chi connectivity index (χ4n) is 2.90. The molecule has 1 saturated heterocycles. The Balaban J connectivity index is 1.81. The number of aromatic nitrogens is 1. The molecule has 0 saturated carbocycles. The van der Waals surface area contributed by atoms with Gasteiger partial charge in [0.1, 0.15) is 5.82 Å². The Morgan fingerprint density at radius 3 is 2.80 bits per heavy atom. The van der Waals surface area contributed by atoms with Crippen molar-refractivity contribution in [3.05, 3.63) is 29.8 Å². The van der Waals surface area contributed by atoms with Crippen molar-refractivity contribution in [2.45, 2.75) is 33.2 Å². The average Bonchev–Trinajstić information content (AvgIpc) is 2.62. The van der Waals surface area contributed by atoms with Gasteiger partial charge in [-0.2, -0.15) is 0 Å². The molecule has 2 heterocycles. The second kappa shape index (κ2) is 7.97. The third-order valence-electron chi connectivity index (χ3n) is 4.58. The highest BCUT2D eigenvalue weighted by molar-refractivity contribution is 7.80. The van der Waals surface area contributed by atoms with Crippen LogP contribution in [0, 0.1) is 6.92 Å². The second-order valence-electron chi connectivity index (χ2n) is 6.54. The smallest absolute Gasteiger partial charge is 0.170 e. The van der Waals surface area contributed by atoms with Crippen LogP contribution in [0.3, 0.4) is 0 Å². The van der Waals surface area contributed by atoms with Gasteiger partial charge in [0.05, 0.1) is 18.7 Å². The Morgan fingerprint density at radius 1 is 1.32 bits per heavy atom. The van der Waals surface area contributed by atoms with Crippen molar-refractivity contribution in [1.29, 1.82) is 0 Å². The number of fused-ring (bicyclic) bond motifs is 1. The Labute approximate surface area is 154 Å². The number of nitrogens with zero attached hydrogens (tertiary/aromatic N) is 2. The van der Waals surface area contributed by atoms with Gasteiger partial charge in [-0.25, -0.2) is 4.98 Å². The Kier molecular flexibility index (Phi) is 5.71. The van der Waals surface area contributed by atoms with Gasteiger partial charge in [-0.15, -0.1) is 0 Å². The van der Waals surface area contributed by atoms with Crippen LogP contribution in [-0.2, 0) is 4.74 Å². The lowest BCUT2D eigenvalue weighted by molar-refractivity contribution is 0.122. The van der Waals surface area contributed by atoms with Gasteiger partial charge in [-0.1, -0.05) is 6.92 Å². The van der Waals surface area contributed by atoms with Gasteiger partial charge >= 0.3 is 0 Å². The van der Waals surface area contributed by atoms with E-state index in [2.05, 4.69) is 54.5 Å². The van der Waals surface area contributed by atoms with Gasteiger partial charge in [0.2, 0.25) is 0 Å². The molecule has 1 fully saturated rings. The maximum atomic E-state index is 5.43. The molecule has 0 bridgehead atoms.